The highest BCUT2D eigenvalue weighted by molar-refractivity contribution is 5.89. The van der Waals surface area contributed by atoms with Gasteiger partial charge in [0.1, 0.15) is 24.9 Å². The van der Waals surface area contributed by atoms with Crippen molar-refractivity contribution in [2.45, 2.75) is 19.0 Å². The lowest BCUT2D eigenvalue weighted by molar-refractivity contribution is -0.940. The maximum atomic E-state index is 13.0. The van der Waals surface area contributed by atoms with E-state index >= 15 is 0 Å². The summed E-state index contributed by atoms with van der Waals surface area (Å²) in [5.74, 6) is -0.329. The van der Waals surface area contributed by atoms with E-state index in [1.54, 1.807) is 12.1 Å². The first-order chi connectivity index (χ1) is 12.6. The molecule has 2 aromatic rings. The van der Waals surface area contributed by atoms with Gasteiger partial charge in [-0.3, -0.25) is 0 Å². The number of carbonyl (C=O) groups excluding carboxylic acids is 1. The molecule has 26 heavy (non-hydrogen) atoms. The lowest BCUT2D eigenvalue weighted by Gasteiger charge is -2.35. The van der Waals surface area contributed by atoms with Crippen molar-refractivity contribution in [3.63, 3.8) is 0 Å². The minimum absolute atomic E-state index is 0.0778. The molecule has 5 nitrogen and oxygen atoms in total. The topological polar surface area (TPSA) is 54.8 Å². The van der Waals surface area contributed by atoms with Gasteiger partial charge in [0, 0.05) is 11.3 Å². The normalized spacial score (nSPS) is 17.3. The van der Waals surface area contributed by atoms with Crippen LogP contribution in [-0.4, -0.2) is 38.4 Å². The number of morpholine rings is 1. The third-order valence-corrected chi connectivity index (χ3v) is 4.69. The number of benzene rings is 2. The van der Waals surface area contributed by atoms with Crippen LogP contribution in [-0.2, 0) is 4.74 Å². The largest absolute Gasteiger partial charge is 0.370 e. The number of hydrogen-bond acceptors (Lipinski definition) is 2. The number of hydrogen-bond donors (Lipinski definition) is 3. The molecule has 0 spiro atoms. The Morgan fingerprint density at radius 3 is 2.38 bits per heavy atom. The predicted molar refractivity (Wildman–Crippen MR) is 98.7 cm³/mol. The van der Waals surface area contributed by atoms with Gasteiger partial charge in [0.15, 0.2) is 0 Å². The van der Waals surface area contributed by atoms with E-state index < -0.39 is 0 Å². The number of ether oxygens (including phenoxy) is 1. The standard InChI is InChI=1S/C20H24FN3O2/c1-15(22-20(25)23-18-9-7-17(21)8-10-18)19(16-5-3-2-4-6-16)24-11-13-26-14-12-24/h2-10,15,19H,11-14H2,1H3,(H2,22,23,25)/p+1/t15-,19-/m0/s1. The van der Waals surface area contributed by atoms with Crippen LogP contribution in [0.5, 0.6) is 0 Å². The molecule has 2 amide bonds. The van der Waals surface area contributed by atoms with Crippen LogP contribution < -0.4 is 15.5 Å². The van der Waals surface area contributed by atoms with Crippen molar-refractivity contribution >= 4 is 11.7 Å². The van der Waals surface area contributed by atoms with Gasteiger partial charge in [-0.15, -0.1) is 0 Å². The summed E-state index contributed by atoms with van der Waals surface area (Å²) in [6.07, 6.45) is 0. The lowest BCUT2D eigenvalue weighted by atomic mass is 9.98. The zero-order valence-corrected chi connectivity index (χ0v) is 14.9. The fourth-order valence-corrected chi connectivity index (χ4v) is 3.47. The van der Waals surface area contributed by atoms with Crippen molar-refractivity contribution in [3.8, 4) is 0 Å². The van der Waals surface area contributed by atoms with E-state index in [9.17, 15) is 9.18 Å². The van der Waals surface area contributed by atoms with Gasteiger partial charge in [-0.25, -0.2) is 9.18 Å². The Morgan fingerprint density at radius 2 is 1.73 bits per heavy atom. The fourth-order valence-electron chi connectivity index (χ4n) is 3.47. The molecular weight excluding hydrogens is 333 g/mol. The van der Waals surface area contributed by atoms with Gasteiger partial charge in [0.2, 0.25) is 0 Å². The second-order valence-corrected chi connectivity index (χ2v) is 6.55. The highest BCUT2D eigenvalue weighted by Crippen LogP contribution is 2.15. The molecule has 1 aliphatic rings. The number of urea groups is 1. The zero-order chi connectivity index (χ0) is 18.4. The molecule has 6 heteroatoms. The summed E-state index contributed by atoms with van der Waals surface area (Å²) in [6.45, 7) is 5.29. The lowest BCUT2D eigenvalue weighted by Crippen LogP contribution is -3.15. The van der Waals surface area contributed by atoms with E-state index in [0.29, 0.717) is 5.69 Å². The van der Waals surface area contributed by atoms with Crippen LogP contribution in [0, 0.1) is 5.82 Å². The second kappa shape index (κ2) is 8.78. The summed E-state index contributed by atoms with van der Waals surface area (Å²) in [6, 6.07) is 15.7. The molecule has 2 aromatic carbocycles. The predicted octanol–water partition coefficient (Wildman–Crippen LogP) is 1.99. The molecule has 1 heterocycles. The number of rotatable bonds is 5. The third-order valence-electron chi connectivity index (χ3n) is 4.69. The Kier molecular flexibility index (Phi) is 6.20. The monoisotopic (exact) mass is 358 g/mol. The number of halogens is 1. The molecule has 1 fully saturated rings. The first kappa shape index (κ1) is 18.4. The van der Waals surface area contributed by atoms with Crippen LogP contribution in [0.3, 0.4) is 0 Å². The minimum Gasteiger partial charge on any atom is -0.370 e. The fraction of sp³-hybridized carbons (Fsp3) is 0.350. The summed E-state index contributed by atoms with van der Waals surface area (Å²) in [5.41, 5.74) is 1.75. The Balaban J connectivity index is 1.69. The van der Waals surface area contributed by atoms with Crippen molar-refractivity contribution in [1.29, 1.82) is 0 Å². The van der Waals surface area contributed by atoms with Crippen molar-refractivity contribution in [3.05, 3.63) is 66.0 Å². The molecule has 1 aliphatic heterocycles. The zero-order valence-electron chi connectivity index (χ0n) is 14.9. The van der Waals surface area contributed by atoms with Crippen LogP contribution in [0.4, 0.5) is 14.9 Å². The highest BCUT2D eigenvalue weighted by Gasteiger charge is 2.32. The van der Waals surface area contributed by atoms with Crippen LogP contribution >= 0.6 is 0 Å². The maximum Gasteiger partial charge on any atom is 0.319 e. The smallest absolute Gasteiger partial charge is 0.319 e. The molecule has 0 aromatic heterocycles. The molecule has 138 valence electrons. The molecule has 0 radical (unpaired) electrons. The van der Waals surface area contributed by atoms with Crippen LogP contribution in [0.25, 0.3) is 0 Å². The van der Waals surface area contributed by atoms with Crippen molar-refractivity contribution < 1.29 is 18.8 Å². The highest BCUT2D eigenvalue weighted by atomic mass is 19.1. The summed E-state index contributed by atoms with van der Waals surface area (Å²) in [5, 5.41) is 5.79. The average Bonchev–Trinajstić information content (AvgIpc) is 2.65. The molecule has 0 bridgehead atoms. The summed E-state index contributed by atoms with van der Waals surface area (Å²) in [7, 11) is 0. The first-order valence-electron chi connectivity index (χ1n) is 8.94. The van der Waals surface area contributed by atoms with E-state index in [0.717, 1.165) is 26.3 Å². The second-order valence-electron chi connectivity index (χ2n) is 6.55. The number of carbonyl (C=O) groups is 1. The molecule has 3 rings (SSSR count). The minimum atomic E-state index is -0.329. The van der Waals surface area contributed by atoms with Gasteiger partial charge in [-0.2, -0.15) is 0 Å². The Hall–Kier alpha value is -2.44. The van der Waals surface area contributed by atoms with Gasteiger partial charge in [0.05, 0.1) is 19.3 Å². The van der Waals surface area contributed by atoms with Gasteiger partial charge in [0.25, 0.3) is 0 Å². The summed E-state index contributed by atoms with van der Waals surface area (Å²) < 4.78 is 18.5. The number of amides is 2. The molecule has 0 aliphatic carbocycles. The van der Waals surface area contributed by atoms with Gasteiger partial charge in [-0.05, 0) is 31.2 Å². The molecule has 0 saturated carbocycles. The molecular formula is C20H25FN3O2+. The number of nitrogens with one attached hydrogen (secondary N) is 3. The van der Waals surface area contributed by atoms with E-state index in [1.807, 2.05) is 25.1 Å². The van der Waals surface area contributed by atoms with Crippen LogP contribution in [0.1, 0.15) is 18.5 Å². The van der Waals surface area contributed by atoms with Gasteiger partial charge < -0.3 is 20.3 Å². The van der Waals surface area contributed by atoms with Crippen LogP contribution in [0.15, 0.2) is 54.6 Å². The van der Waals surface area contributed by atoms with E-state index in [2.05, 4.69) is 22.8 Å². The van der Waals surface area contributed by atoms with Crippen molar-refractivity contribution in [2.24, 2.45) is 0 Å². The molecule has 2 atom stereocenters. The average molecular weight is 358 g/mol. The SMILES string of the molecule is C[C@H](NC(=O)Nc1ccc(F)cc1)[C@@H](c1ccccc1)[NH+]1CCOCC1. The number of quaternary nitrogens is 1. The molecule has 3 N–H and O–H groups in total. The van der Waals surface area contributed by atoms with E-state index in [-0.39, 0.29) is 23.9 Å². The van der Waals surface area contributed by atoms with Gasteiger partial charge >= 0.3 is 6.03 Å². The number of anilines is 1. The van der Waals surface area contributed by atoms with E-state index in [1.165, 1.54) is 22.6 Å². The maximum absolute atomic E-state index is 13.0. The third kappa shape index (κ3) is 4.80. The van der Waals surface area contributed by atoms with Gasteiger partial charge in [-0.1, -0.05) is 30.3 Å². The summed E-state index contributed by atoms with van der Waals surface area (Å²) in [4.78, 5) is 13.8. The van der Waals surface area contributed by atoms with Crippen molar-refractivity contribution in [1.82, 2.24) is 5.32 Å². The van der Waals surface area contributed by atoms with Crippen molar-refractivity contribution in [2.75, 3.05) is 31.6 Å². The van der Waals surface area contributed by atoms with Crippen LogP contribution in [0.2, 0.25) is 0 Å². The molecule has 1 saturated heterocycles. The quantitative estimate of drug-likeness (QED) is 0.766. The molecule has 0 unspecified atom stereocenters. The Labute approximate surface area is 153 Å². The Morgan fingerprint density at radius 1 is 1.08 bits per heavy atom. The summed E-state index contributed by atoms with van der Waals surface area (Å²) >= 11 is 0. The Bertz CT molecular complexity index is 703. The first-order valence-corrected chi connectivity index (χ1v) is 8.94. The van der Waals surface area contributed by atoms with E-state index in [4.69, 9.17) is 4.74 Å².